The van der Waals surface area contributed by atoms with Crippen LogP contribution >= 0.6 is 15.9 Å². The van der Waals surface area contributed by atoms with Gasteiger partial charge in [-0.3, -0.25) is 4.79 Å². The highest BCUT2D eigenvalue weighted by atomic mass is 79.9. The second-order valence-electron chi connectivity index (χ2n) is 3.31. The van der Waals surface area contributed by atoms with Crippen molar-refractivity contribution in [3.05, 3.63) is 46.7 Å². The molecule has 0 saturated heterocycles. The molecule has 0 fully saturated rings. The molecule has 0 aliphatic heterocycles. The van der Waals surface area contributed by atoms with Crippen LogP contribution in [0.2, 0.25) is 0 Å². The van der Waals surface area contributed by atoms with E-state index < -0.39 is 0 Å². The van der Waals surface area contributed by atoms with Gasteiger partial charge in [0.05, 0.1) is 12.3 Å². The van der Waals surface area contributed by atoms with Crippen molar-refractivity contribution in [1.82, 2.24) is 5.32 Å². The predicted molar refractivity (Wildman–Crippen MR) is 61.0 cm³/mol. The van der Waals surface area contributed by atoms with Crippen LogP contribution in [0.25, 0.3) is 0 Å². The van der Waals surface area contributed by atoms with E-state index in [0.29, 0.717) is 10.4 Å². The highest BCUT2D eigenvalue weighted by Crippen LogP contribution is 2.16. The lowest BCUT2D eigenvalue weighted by molar-refractivity contribution is 0.0906. The van der Waals surface area contributed by atoms with Crippen molar-refractivity contribution in [3.63, 3.8) is 0 Å². The molecule has 1 atom stereocenters. The maximum absolute atomic E-state index is 11.7. The van der Waals surface area contributed by atoms with E-state index in [2.05, 4.69) is 21.2 Å². The SMILES string of the molecule is CC(NC(=O)c1ccc(Br)o1)c1ccco1. The molecule has 2 rings (SSSR count). The molecule has 0 bridgehead atoms. The van der Waals surface area contributed by atoms with Gasteiger partial charge in [0.2, 0.25) is 0 Å². The quantitative estimate of drug-likeness (QED) is 0.942. The third-order valence-electron chi connectivity index (χ3n) is 2.11. The van der Waals surface area contributed by atoms with Crippen molar-refractivity contribution in [3.8, 4) is 0 Å². The van der Waals surface area contributed by atoms with Gasteiger partial charge in [0, 0.05) is 0 Å². The van der Waals surface area contributed by atoms with Gasteiger partial charge in [-0.05, 0) is 47.1 Å². The van der Waals surface area contributed by atoms with E-state index in [1.807, 2.05) is 13.0 Å². The summed E-state index contributed by atoms with van der Waals surface area (Å²) in [6.07, 6.45) is 1.57. The Hall–Kier alpha value is -1.49. The molecule has 1 unspecified atom stereocenters. The van der Waals surface area contributed by atoms with Crippen LogP contribution in [0.1, 0.15) is 29.3 Å². The van der Waals surface area contributed by atoms with E-state index in [9.17, 15) is 4.79 Å². The lowest BCUT2D eigenvalue weighted by Gasteiger charge is -2.09. The summed E-state index contributed by atoms with van der Waals surface area (Å²) in [4.78, 5) is 11.7. The number of hydrogen-bond acceptors (Lipinski definition) is 3. The van der Waals surface area contributed by atoms with E-state index in [0.717, 1.165) is 0 Å². The van der Waals surface area contributed by atoms with Gasteiger partial charge in [-0.15, -0.1) is 0 Å². The monoisotopic (exact) mass is 283 g/mol. The van der Waals surface area contributed by atoms with Crippen molar-refractivity contribution in [2.75, 3.05) is 0 Å². The summed E-state index contributed by atoms with van der Waals surface area (Å²) in [6.45, 7) is 1.84. The van der Waals surface area contributed by atoms with Crippen LogP contribution in [0.4, 0.5) is 0 Å². The smallest absolute Gasteiger partial charge is 0.287 e. The van der Waals surface area contributed by atoms with Gasteiger partial charge in [0.1, 0.15) is 5.76 Å². The minimum absolute atomic E-state index is 0.189. The molecule has 84 valence electrons. The zero-order chi connectivity index (χ0) is 11.5. The molecule has 0 radical (unpaired) electrons. The Labute approximate surface area is 101 Å². The first-order valence-corrected chi connectivity index (χ1v) is 5.55. The molecule has 2 heterocycles. The van der Waals surface area contributed by atoms with Crippen LogP contribution in [0.5, 0.6) is 0 Å². The molecular weight excluding hydrogens is 274 g/mol. The fraction of sp³-hybridized carbons (Fsp3) is 0.182. The summed E-state index contributed by atoms with van der Waals surface area (Å²) < 4.78 is 10.9. The molecule has 2 aromatic rings. The third-order valence-corrected chi connectivity index (χ3v) is 2.54. The third kappa shape index (κ3) is 2.36. The maximum Gasteiger partial charge on any atom is 0.287 e. The lowest BCUT2D eigenvalue weighted by atomic mass is 10.2. The fourth-order valence-electron chi connectivity index (χ4n) is 1.31. The number of halogens is 1. The first-order valence-electron chi connectivity index (χ1n) is 4.76. The average Bonchev–Trinajstić information content (AvgIpc) is 2.87. The molecule has 0 aliphatic carbocycles. The van der Waals surface area contributed by atoms with Crippen LogP contribution < -0.4 is 5.32 Å². The Kier molecular flexibility index (Phi) is 3.14. The van der Waals surface area contributed by atoms with Gasteiger partial charge >= 0.3 is 0 Å². The zero-order valence-corrected chi connectivity index (χ0v) is 10.2. The molecule has 1 amide bonds. The van der Waals surface area contributed by atoms with Gasteiger partial charge in [-0.25, -0.2) is 0 Å². The molecule has 2 aromatic heterocycles. The number of nitrogens with one attached hydrogen (secondary N) is 1. The van der Waals surface area contributed by atoms with Crippen molar-refractivity contribution in [2.24, 2.45) is 0 Å². The van der Waals surface area contributed by atoms with Crippen LogP contribution in [-0.2, 0) is 0 Å². The first kappa shape index (κ1) is 11.0. The van der Waals surface area contributed by atoms with E-state index in [1.54, 1.807) is 24.5 Å². The average molecular weight is 284 g/mol. The Morgan fingerprint density at radius 1 is 1.44 bits per heavy atom. The van der Waals surface area contributed by atoms with Gasteiger partial charge < -0.3 is 14.2 Å². The highest BCUT2D eigenvalue weighted by Gasteiger charge is 2.15. The maximum atomic E-state index is 11.7. The number of hydrogen-bond donors (Lipinski definition) is 1. The van der Waals surface area contributed by atoms with Crippen LogP contribution in [0.3, 0.4) is 0 Å². The number of carbonyl (C=O) groups excluding carboxylic acids is 1. The Morgan fingerprint density at radius 3 is 2.81 bits per heavy atom. The van der Waals surface area contributed by atoms with Crippen LogP contribution in [0, 0.1) is 0 Å². The van der Waals surface area contributed by atoms with Crippen molar-refractivity contribution < 1.29 is 13.6 Å². The number of furan rings is 2. The standard InChI is InChI=1S/C11H10BrNO3/c1-7(8-3-2-6-15-8)13-11(14)9-4-5-10(12)16-9/h2-7H,1H3,(H,13,14). The topological polar surface area (TPSA) is 55.4 Å². The Bertz CT molecular complexity index is 475. The first-order chi connectivity index (χ1) is 7.66. The van der Waals surface area contributed by atoms with Gasteiger partial charge in [-0.2, -0.15) is 0 Å². The molecule has 4 nitrogen and oxygen atoms in total. The number of amides is 1. The number of rotatable bonds is 3. The molecule has 0 aliphatic rings. The number of carbonyl (C=O) groups is 1. The summed E-state index contributed by atoms with van der Waals surface area (Å²) in [5, 5.41) is 2.76. The summed E-state index contributed by atoms with van der Waals surface area (Å²) in [5.74, 6) is 0.707. The van der Waals surface area contributed by atoms with Crippen molar-refractivity contribution in [1.29, 1.82) is 0 Å². The highest BCUT2D eigenvalue weighted by molar-refractivity contribution is 9.10. The van der Waals surface area contributed by atoms with Gasteiger partial charge in [0.25, 0.3) is 5.91 Å². The van der Waals surface area contributed by atoms with Crippen molar-refractivity contribution >= 4 is 21.8 Å². The second-order valence-corrected chi connectivity index (χ2v) is 4.10. The van der Waals surface area contributed by atoms with Crippen molar-refractivity contribution in [2.45, 2.75) is 13.0 Å². The van der Waals surface area contributed by atoms with E-state index >= 15 is 0 Å². The molecular formula is C11H10BrNO3. The van der Waals surface area contributed by atoms with Gasteiger partial charge in [0.15, 0.2) is 10.4 Å². The van der Waals surface area contributed by atoms with Crippen LogP contribution in [-0.4, -0.2) is 5.91 Å². The largest absolute Gasteiger partial charge is 0.467 e. The van der Waals surface area contributed by atoms with Crippen LogP contribution in [0.15, 0.2) is 44.0 Å². The summed E-state index contributed by atoms with van der Waals surface area (Å²) in [7, 11) is 0. The minimum atomic E-state index is -0.269. The van der Waals surface area contributed by atoms with E-state index in [4.69, 9.17) is 8.83 Å². The Balaban J connectivity index is 2.03. The summed E-state index contributed by atoms with van der Waals surface area (Å²) >= 11 is 3.14. The molecule has 1 N–H and O–H groups in total. The molecule has 0 aromatic carbocycles. The minimum Gasteiger partial charge on any atom is -0.467 e. The zero-order valence-electron chi connectivity index (χ0n) is 8.57. The molecule has 5 heteroatoms. The summed E-state index contributed by atoms with van der Waals surface area (Å²) in [6, 6.07) is 6.68. The van der Waals surface area contributed by atoms with Gasteiger partial charge in [-0.1, -0.05) is 0 Å². The second kappa shape index (κ2) is 4.57. The predicted octanol–water partition coefficient (Wildman–Crippen LogP) is 3.13. The lowest BCUT2D eigenvalue weighted by Crippen LogP contribution is -2.25. The molecule has 16 heavy (non-hydrogen) atoms. The fourth-order valence-corrected chi connectivity index (χ4v) is 1.62. The van der Waals surface area contributed by atoms with E-state index in [-0.39, 0.29) is 17.7 Å². The molecule has 0 spiro atoms. The molecule has 0 saturated carbocycles. The normalized spacial score (nSPS) is 12.4. The van der Waals surface area contributed by atoms with E-state index in [1.165, 1.54) is 0 Å². The summed E-state index contributed by atoms with van der Waals surface area (Å²) in [5.41, 5.74) is 0. The Morgan fingerprint density at radius 2 is 2.25 bits per heavy atom.